The number of methoxy groups -OCH3 is 1. The van der Waals surface area contributed by atoms with Gasteiger partial charge in [0.1, 0.15) is 6.61 Å². The first-order valence-corrected chi connectivity index (χ1v) is 11.5. The summed E-state index contributed by atoms with van der Waals surface area (Å²) < 4.78 is 16.8. The van der Waals surface area contributed by atoms with E-state index < -0.39 is 5.97 Å². The van der Waals surface area contributed by atoms with Crippen molar-refractivity contribution >= 4 is 51.9 Å². The third-order valence-electron chi connectivity index (χ3n) is 5.47. The first-order valence-electron chi connectivity index (χ1n) is 10.8. The van der Waals surface area contributed by atoms with Crippen molar-refractivity contribution in [3.8, 4) is 11.5 Å². The van der Waals surface area contributed by atoms with E-state index in [1.54, 1.807) is 30.3 Å². The Kier molecular flexibility index (Phi) is 6.45. The van der Waals surface area contributed by atoms with Gasteiger partial charge < -0.3 is 14.2 Å². The summed E-state index contributed by atoms with van der Waals surface area (Å²) in [5, 5.41) is 3.12. The molecule has 5 rings (SSSR count). The lowest BCUT2D eigenvalue weighted by molar-refractivity contribution is -0.129. The summed E-state index contributed by atoms with van der Waals surface area (Å²) in [5.74, 6) is 0.559. The van der Waals surface area contributed by atoms with E-state index in [9.17, 15) is 4.79 Å². The molecule has 1 aliphatic heterocycles. The first-order chi connectivity index (χ1) is 17.0. The Bertz CT molecular complexity index is 1490. The predicted molar refractivity (Wildman–Crippen MR) is 138 cm³/mol. The maximum atomic E-state index is 12.5. The SMILES string of the molecule is COc1cc(/C=C2\N=C(c3ccc4ccccc4c3)OC2=O)cc(Cl)c1OCc1ccc(Cl)cc1. The third-order valence-corrected chi connectivity index (χ3v) is 6.00. The molecule has 5 nitrogen and oxygen atoms in total. The van der Waals surface area contributed by atoms with Crippen molar-refractivity contribution in [2.45, 2.75) is 6.61 Å². The maximum absolute atomic E-state index is 12.5. The van der Waals surface area contributed by atoms with Gasteiger partial charge in [0, 0.05) is 10.6 Å². The fourth-order valence-electron chi connectivity index (χ4n) is 3.71. The van der Waals surface area contributed by atoms with Crippen LogP contribution in [0.5, 0.6) is 11.5 Å². The molecule has 0 bridgehead atoms. The first kappa shape index (κ1) is 23.0. The Morgan fingerprint density at radius 3 is 2.49 bits per heavy atom. The topological polar surface area (TPSA) is 57.1 Å². The summed E-state index contributed by atoms with van der Waals surface area (Å²) in [6.45, 7) is 0.291. The van der Waals surface area contributed by atoms with Gasteiger partial charge in [-0.3, -0.25) is 0 Å². The molecule has 0 fully saturated rings. The molecule has 0 atom stereocenters. The molecular weight excluding hydrogens is 485 g/mol. The summed E-state index contributed by atoms with van der Waals surface area (Å²) in [6.07, 6.45) is 1.60. The van der Waals surface area contributed by atoms with E-state index in [0.717, 1.165) is 21.9 Å². The smallest absolute Gasteiger partial charge is 0.363 e. The summed E-state index contributed by atoms with van der Waals surface area (Å²) in [6, 6.07) is 24.5. The molecular formula is C28H19Cl2NO4. The monoisotopic (exact) mass is 503 g/mol. The van der Waals surface area contributed by atoms with E-state index in [2.05, 4.69) is 4.99 Å². The Balaban J connectivity index is 1.40. The Morgan fingerprint density at radius 2 is 1.71 bits per heavy atom. The maximum Gasteiger partial charge on any atom is 0.363 e. The van der Waals surface area contributed by atoms with Crippen LogP contribution in [0.25, 0.3) is 16.8 Å². The molecule has 0 aliphatic carbocycles. The number of cyclic esters (lactones) is 1. The Labute approximate surface area is 212 Å². The quantitative estimate of drug-likeness (QED) is 0.208. The van der Waals surface area contributed by atoms with Crippen LogP contribution in [0.4, 0.5) is 0 Å². The highest BCUT2D eigenvalue weighted by atomic mass is 35.5. The number of rotatable bonds is 6. The summed E-state index contributed by atoms with van der Waals surface area (Å²) in [5.41, 5.74) is 2.45. The van der Waals surface area contributed by atoms with Gasteiger partial charge in [-0.1, -0.05) is 65.7 Å². The predicted octanol–water partition coefficient (Wildman–Crippen LogP) is 7.08. The van der Waals surface area contributed by atoms with Crippen molar-refractivity contribution in [1.82, 2.24) is 0 Å². The number of hydrogen-bond acceptors (Lipinski definition) is 5. The average molecular weight is 504 g/mol. The number of carbonyl (C=O) groups is 1. The molecule has 0 saturated carbocycles. The highest BCUT2D eigenvalue weighted by Gasteiger charge is 2.25. The van der Waals surface area contributed by atoms with Crippen LogP contribution in [-0.4, -0.2) is 19.0 Å². The fraction of sp³-hybridized carbons (Fsp3) is 0.0714. The van der Waals surface area contributed by atoms with Gasteiger partial charge in [-0.25, -0.2) is 9.79 Å². The Morgan fingerprint density at radius 1 is 0.943 bits per heavy atom. The zero-order chi connectivity index (χ0) is 24.4. The molecule has 0 radical (unpaired) electrons. The van der Waals surface area contributed by atoms with Crippen molar-refractivity contribution < 1.29 is 19.0 Å². The molecule has 35 heavy (non-hydrogen) atoms. The van der Waals surface area contributed by atoms with Gasteiger partial charge in [0.2, 0.25) is 5.90 Å². The van der Waals surface area contributed by atoms with Crippen LogP contribution in [0.2, 0.25) is 10.0 Å². The van der Waals surface area contributed by atoms with E-state index in [1.807, 2.05) is 54.6 Å². The van der Waals surface area contributed by atoms with Gasteiger partial charge in [0.15, 0.2) is 17.2 Å². The second-order valence-corrected chi connectivity index (χ2v) is 8.69. The van der Waals surface area contributed by atoms with Crippen molar-refractivity contribution in [1.29, 1.82) is 0 Å². The van der Waals surface area contributed by atoms with E-state index >= 15 is 0 Å². The number of fused-ring (bicyclic) bond motifs is 1. The van der Waals surface area contributed by atoms with Crippen molar-refractivity contribution in [3.05, 3.63) is 111 Å². The van der Waals surface area contributed by atoms with Crippen LogP contribution >= 0.6 is 23.2 Å². The molecule has 0 unspecified atom stereocenters. The second kappa shape index (κ2) is 9.82. The minimum Gasteiger partial charge on any atom is -0.493 e. The third kappa shape index (κ3) is 5.02. The van der Waals surface area contributed by atoms with E-state index in [0.29, 0.717) is 33.7 Å². The van der Waals surface area contributed by atoms with Crippen molar-refractivity contribution in [2.24, 2.45) is 4.99 Å². The van der Waals surface area contributed by atoms with Gasteiger partial charge in [-0.2, -0.15) is 0 Å². The molecule has 4 aromatic carbocycles. The van der Waals surface area contributed by atoms with Gasteiger partial charge in [-0.15, -0.1) is 0 Å². The van der Waals surface area contributed by atoms with Crippen LogP contribution in [0.1, 0.15) is 16.7 Å². The summed E-state index contributed by atoms with van der Waals surface area (Å²) >= 11 is 12.4. The number of hydrogen-bond donors (Lipinski definition) is 0. The molecule has 1 heterocycles. The number of halogens is 2. The highest BCUT2D eigenvalue weighted by molar-refractivity contribution is 6.32. The molecule has 0 spiro atoms. The average Bonchev–Trinajstić information content (AvgIpc) is 3.23. The number of esters is 1. The van der Waals surface area contributed by atoms with Crippen LogP contribution in [0.3, 0.4) is 0 Å². The molecule has 4 aromatic rings. The number of carbonyl (C=O) groups excluding carboxylic acids is 1. The van der Waals surface area contributed by atoms with E-state index in [-0.39, 0.29) is 11.6 Å². The molecule has 174 valence electrons. The number of ether oxygens (including phenoxy) is 3. The lowest BCUT2D eigenvalue weighted by Gasteiger charge is -2.13. The standard InChI is InChI=1S/C28H19Cl2NO4/c1-33-25-14-18(12-23(30)26(25)34-16-17-6-10-22(29)11-7-17)13-24-28(32)35-27(31-24)21-9-8-19-4-2-3-5-20(19)15-21/h2-15H,16H2,1H3/b24-13-. The minimum atomic E-state index is -0.536. The normalized spacial score (nSPS) is 14.2. The number of nitrogens with zero attached hydrogens (tertiary/aromatic N) is 1. The van der Waals surface area contributed by atoms with Crippen LogP contribution in [0.15, 0.2) is 89.6 Å². The minimum absolute atomic E-state index is 0.168. The van der Waals surface area contributed by atoms with Gasteiger partial charge in [0.25, 0.3) is 0 Å². The van der Waals surface area contributed by atoms with E-state index in [1.165, 1.54) is 7.11 Å². The van der Waals surface area contributed by atoms with Crippen LogP contribution in [0, 0.1) is 0 Å². The van der Waals surface area contributed by atoms with Crippen molar-refractivity contribution in [3.63, 3.8) is 0 Å². The highest BCUT2D eigenvalue weighted by Crippen LogP contribution is 2.38. The van der Waals surface area contributed by atoms with Crippen LogP contribution in [-0.2, 0) is 16.1 Å². The van der Waals surface area contributed by atoms with Gasteiger partial charge >= 0.3 is 5.97 Å². The van der Waals surface area contributed by atoms with E-state index in [4.69, 9.17) is 37.4 Å². The molecule has 1 aliphatic rings. The second-order valence-electron chi connectivity index (χ2n) is 7.85. The fourth-order valence-corrected chi connectivity index (χ4v) is 4.11. The van der Waals surface area contributed by atoms with Crippen molar-refractivity contribution in [2.75, 3.05) is 7.11 Å². The lowest BCUT2D eigenvalue weighted by Crippen LogP contribution is -2.05. The summed E-state index contributed by atoms with van der Waals surface area (Å²) in [4.78, 5) is 16.9. The van der Waals surface area contributed by atoms with Crippen LogP contribution < -0.4 is 9.47 Å². The lowest BCUT2D eigenvalue weighted by atomic mass is 10.1. The molecule has 0 aromatic heterocycles. The zero-order valence-corrected chi connectivity index (χ0v) is 20.1. The van der Waals surface area contributed by atoms with Gasteiger partial charge in [0.05, 0.1) is 12.1 Å². The number of aliphatic imine (C=N–C) groups is 1. The molecule has 0 N–H and O–H groups in total. The molecule has 0 saturated heterocycles. The molecule has 7 heteroatoms. The van der Waals surface area contributed by atoms with Gasteiger partial charge in [-0.05, 0) is 64.4 Å². The summed E-state index contributed by atoms with van der Waals surface area (Å²) in [7, 11) is 1.53. The Hall–Kier alpha value is -3.80. The molecule has 0 amide bonds. The largest absolute Gasteiger partial charge is 0.493 e. The zero-order valence-electron chi connectivity index (χ0n) is 18.6. The number of benzene rings is 4.